The van der Waals surface area contributed by atoms with Gasteiger partial charge < -0.3 is 9.47 Å². The van der Waals surface area contributed by atoms with Crippen molar-refractivity contribution in [2.75, 3.05) is 11.7 Å². The van der Waals surface area contributed by atoms with Crippen molar-refractivity contribution < 1.29 is 19.1 Å². The maximum atomic E-state index is 13.0. The Balaban J connectivity index is 1.73. The summed E-state index contributed by atoms with van der Waals surface area (Å²) in [5.74, 6) is -0.0388. The number of ether oxygens (including phenoxy) is 2. The molecule has 2 aromatic rings. The lowest BCUT2D eigenvalue weighted by Crippen LogP contribution is -2.54. The number of anilines is 1. The van der Waals surface area contributed by atoms with Crippen LogP contribution in [0.15, 0.2) is 42.0 Å². The zero-order valence-electron chi connectivity index (χ0n) is 13.5. The molecule has 2 amide bonds. The van der Waals surface area contributed by atoms with Gasteiger partial charge in [-0.15, -0.1) is 0 Å². The maximum Gasteiger partial charge on any atom is 0.270 e. The summed E-state index contributed by atoms with van der Waals surface area (Å²) >= 11 is 17.3. The second kappa shape index (κ2) is 6.84. The Labute approximate surface area is 169 Å². The van der Waals surface area contributed by atoms with Crippen LogP contribution in [0.2, 0.25) is 10.0 Å². The van der Waals surface area contributed by atoms with E-state index in [1.807, 2.05) is 0 Å². The number of hydrogen-bond acceptors (Lipinski definition) is 5. The van der Waals surface area contributed by atoms with E-state index >= 15 is 0 Å². The van der Waals surface area contributed by atoms with Gasteiger partial charge in [0.1, 0.15) is 5.57 Å². The summed E-state index contributed by atoms with van der Waals surface area (Å²) in [4.78, 5) is 26.5. The van der Waals surface area contributed by atoms with E-state index in [-0.39, 0.29) is 22.5 Å². The molecule has 0 aliphatic carbocycles. The van der Waals surface area contributed by atoms with Crippen molar-refractivity contribution in [1.29, 1.82) is 0 Å². The van der Waals surface area contributed by atoms with Gasteiger partial charge >= 0.3 is 0 Å². The number of nitrogens with zero attached hydrogens (tertiary/aromatic N) is 1. The molecule has 2 heterocycles. The minimum absolute atomic E-state index is 0.0583. The molecule has 1 saturated heterocycles. The third kappa shape index (κ3) is 3.25. The van der Waals surface area contributed by atoms with Crippen LogP contribution in [0.4, 0.5) is 5.69 Å². The van der Waals surface area contributed by atoms with Crippen LogP contribution in [0.25, 0.3) is 6.08 Å². The van der Waals surface area contributed by atoms with Gasteiger partial charge in [0.15, 0.2) is 16.6 Å². The van der Waals surface area contributed by atoms with Crippen LogP contribution in [-0.4, -0.2) is 23.7 Å². The summed E-state index contributed by atoms with van der Waals surface area (Å²) < 4.78 is 10.6. The van der Waals surface area contributed by atoms with Crippen molar-refractivity contribution in [3.05, 3.63) is 57.6 Å². The molecular formula is C18H10Cl2N2O4S. The molecule has 0 spiro atoms. The molecule has 9 heteroatoms. The normalized spacial score (nSPS) is 17.5. The number of halogens is 2. The fraction of sp³-hybridized carbons (Fsp3) is 0.0556. The smallest absolute Gasteiger partial charge is 0.270 e. The van der Waals surface area contributed by atoms with E-state index in [1.54, 1.807) is 30.3 Å². The minimum Gasteiger partial charge on any atom is -0.454 e. The van der Waals surface area contributed by atoms with Gasteiger partial charge in [-0.05, 0) is 54.2 Å². The van der Waals surface area contributed by atoms with Crippen LogP contribution in [0.5, 0.6) is 11.5 Å². The number of hydrogen-bond donors (Lipinski definition) is 1. The van der Waals surface area contributed by atoms with Crippen LogP contribution in [0, 0.1) is 0 Å². The summed E-state index contributed by atoms with van der Waals surface area (Å²) in [7, 11) is 0. The summed E-state index contributed by atoms with van der Waals surface area (Å²) in [6.07, 6.45) is 1.46. The van der Waals surface area contributed by atoms with Gasteiger partial charge in [-0.1, -0.05) is 29.3 Å². The highest BCUT2D eigenvalue weighted by Crippen LogP contribution is 2.34. The van der Waals surface area contributed by atoms with Gasteiger partial charge in [0, 0.05) is 5.02 Å². The molecule has 27 heavy (non-hydrogen) atoms. The lowest BCUT2D eigenvalue weighted by atomic mass is 10.1. The second-order valence-corrected chi connectivity index (χ2v) is 6.90. The van der Waals surface area contributed by atoms with E-state index in [0.717, 1.165) is 4.90 Å². The third-order valence-corrected chi connectivity index (χ3v) is 4.78. The van der Waals surface area contributed by atoms with E-state index < -0.39 is 11.8 Å². The van der Waals surface area contributed by atoms with Gasteiger partial charge in [0.2, 0.25) is 6.79 Å². The summed E-state index contributed by atoms with van der Waals surface area (Å²) in [5.41, 5.74) is 0.842. The summed E-state index contributed by atoms with van der Waals surface area (Å²) in [5, 5.41) is 3.10. The Morgan fingerprint density at radius 3 is 2.63 bits per heavy atom. The van der Waals surface area contributed by atoms with Crippen molar-refractivity contribution in [3.63, 3.8) is 0 Å². The van der Waals surface area contributed by atoms with Gasteiger partial charge in [-0.2, -0.15) is 0 Å². The molecule has 2 aromatic carbocycles. The Kier molecular flexibility index (Phi) is 4.51. The largest absolute Gasteiger partial charge is 0.454 e. The molecule has 136 valence electrons. The first kappa shape index (κ1) is 17.8. The van der Waals surface area contributed by atoms with E-state index in [2.05, 4.69) is 5.32 Å². The van der Waals surface area contributed by atoms with Crippen molar-refractivity contribution in [1.82, 2.24) is 5.32 Å². The standard InChI is InChI=1S/C18H10Cl2N2O4S/c19-10-2-3-13(12(20)7-10)22-17(24)11(16(23)21-18(22)27)5-9-1-4-14-15(6-9)26-8-25-14/h1-7H,8H2,(H,21,23,27)/b11-5+. The minimum atomic E-state index is -0.594. The highest BCUT2D eigenvalue weighted by atomic mass is 35.5. The predicted octanol–water partition coefficient (Wildman–Crippen LogP) is 3.55. The predicted molar refractivity (Wildman–Crippen MR) is 105 cm³/mol. The number of nitrogens with one attached hydrogen (secondary N) is 1. The van der Waals surface area contributed by atoms with Gasteiger partial charge in [-0.3, -0.25) is 19.8 Å². The molecule has 0 radical (unpaired) electrons. The molecule has 1 N–H and O–H groups in total. The van der Waals surface area contributed by atoms with E-state index in [4.69, 9.17) is 44.9 Å². The fourth-order valence-electron chi connectivity index (χ4n) is 2.71. The maximum absolute atomic E-state index is 13.0. The molecular weight excluding hydrogens is 411 g/mol. The number of carbonyl (C=O) groups excluding carboxylic acids is 2. The van der Waals surface area contributed by atoms with Crippen molar-refractivity contribution >= 4 is 64.1 Å². The molecule has 6 nitrogen and oxygen atoms in total. The Morgan fingerprint density at radius 2 is 1.85 bits per heavy atom. The molecule has 2 aliphatic rings. The summed E-state index contributed by atoms with van der Waals surface area (Å²) in [6, 6.07) is 9.74. The first-order valence-corrected chi connectivity index (χ1v) is 8.86. The Bertz CT molecular complexity index is 1040. The van der Waals surface area contributed by atoms with Crippen LogP contribution in [0.3, 0.4) is 0 Å². The van der Waals surface area contributed by atoms with Gasteiger partial charge in [0.25, 0.3) is 11.8 Å². The van der Waals surface area contributed by atoms with Crippen LogP contribution >= 0.6 is 35.4 Å². The number of amides is 2. The molecule has 4 rings (SSSR count). The SMILES string of the molecule is O=C1NC(=S)N(c2ccc(Cl)cc2Cl)C(=O)/C1=C/c1ccc2c(c1)OCO2. The first-order valence-electron chi connectivity index (χ1n) is 7.70. The van der Waals surface area contributed by atoms with Gasteiger partial charge in [-0.25, -0.2) is 0 Å². The number of benzene rings is 2. The second-order valence-electron chi connectivity index (χ2n) is 5.67. The Hall–Kier alpha value is -2.61. The van der Waals surface area contributed by atoms with Crippen LogP contribution in [-0.2, 0) is 9.59 Å². The molecule has 0 saturated carbocycles. The topological polar surface area (TPSA) is 67.9 Å². The van der Waals surface area contributed by atoms with Crippen molar-refractivity contribution in [2.45, 2.75) is 0 Å². The average molecular weight is 421 g/mol. The van der Waals surface area contributed by atoms with E-state index in [0.29, 0.717) is 27.8 Å². The van der Waals surface area contributed by atoms with E-state index in [1.165, 1.54) is 12.1 Å². The third-order valence-electron chi connectivity index (χ3n) is 3.96. The van der Waals surface area contributed by atoms with E-state index in [9.17, 15) is 9.59 Å². The monoisotopic (exact) mass is 420 g/mol. The fourth-order valence-corrected chi connectivity index (χ4v) is 3.48. The first-order chi connectivity index (χ1) is 12.9. The average Bonchev–Trinajstić information content (AvgIpc) is 3.08. The highest BCUT2D eigenvalue weighted by molar-refractivity contribution is 7.80. The van der Waals surface area contributed by atoms with Gasteiger partial charge in [0.05, 0.1) is 10.7 Å². The molecule has 0 atom stereocenters. The molecule has 2 aliphatic heterocycles. The molecule has 1 fully saturated rings. The van der Waals surface area contributed by atoms with Crippen LogP contribution in [0.1, 0.15) is 5.56 Å². The molecule has 0 bridgehead atoms. The Morgan fingerprint density at radius 1 is 1.07 bits per heavy atom. The molecule has 0 unspecified atom stereocenters. The zero-order valence-corrected chi connectivity index (χ0v) is 15.8. The highest BCUT2D eigenvalue weighted by Gasteiger charge is 2.35. The number of thiocarbonyl (C=S) groups is 1. The number of rotatable bonds is 2. The zero-order chi connectivity index (χ0) is 19.1. The molecule has 0 aromatic heterocycles. The van der Waals surface area contributed by atoms with Crippen molar-refractivity contribution in [3.8, 4) is 11.5 Å². The lowest BCUT2D eigenvalue weighted by Gasteiger charge is -2.29. The van der Waals surface area contributed by atoms with Crippen molar-refractivity contribution in [2.24, 2.45) is 0 Å². The summed E-state index contributed by atoms with van der Waals surface area (Å²) in [6.45, 7) is 0.131. The van der Waals surface area contributed by atoms with Crippen LogP contribution < -0.4 is 19.7 Å². The quantitative estimate of drug-likeness (QED) is 0.457. The number of carbonyl (C=O) groups is 2. The lowest BCUT2D eigenvalue weighted by molar-refractivity contribution is -0.122. The number of fused-ring (bicyclic) bond motifs is 1.